The zero-order valence-corrected chi connectivity index (χ0v) is 17.2. The summed E-state index contributed by atoms with van der Waals surface area (Å²) in [5.74, 6) is 0.867. The minimum absolute atomic E-state index is 0.138. The predicted octanol–water partition coefficient (Wildman–Crippen LogP) is 5.13. The Kier molecular flexibility index (Phi) is 5.77. The third-order valence-corrected chi connectivity index (χ3v) is 5.20. The molecular formula is C23H21ClN2O4. The van der Waals surface area contributed by atoms with Crippen LogP contribution in [0.4, 0.5) is 0 Å². The van der Waals surface area contributed by atoms with Gasteiger partial charge in [-0.1, -0.05) is 54.9 Å². The Morgan fingerprint density at radius 3 is 2.63 bits per heavy atom. The van der Waals surface area contributed by atoms with Crippen molar-refractivity contribution in [1.82, 2.24) is 9.55 Å². The second-order valence-corrected chi connectivity index (χ2v) is 7.35. The first kappa shape index (κ1) is 20.0. The lowest BCUT2D eigenvalue weighted by Gasteiger charge is -2.12. The topological polar surface area (TPSA) is 73.6 Å². The highest BCUT2D eigenvalue weighted by molar-refractivity contribution is 6.31. The summed E-state index contributed by atoms with van der Waals surface area (Å²) in [6.07, 6.45) is 5.10. The zero-order chi connectivity index (χ0) is 21.1. The normalized spacial score (nSPS) is 12.6. The molecule has 0 saturated heterocycles. The standard InChI is InChI=1S/C23H21ClN2O4/c1-2-6-21-25-18(10-9-15-7-4-3-5-8-15)22(23(27)28)26(21)13-16-11-19-20(12-17(16)24)30-14-29-19/h3-5,7-12H,2,6,13-14H2,1H3,(H,27,28)/b10-9+. The van der Waals surface area contributed by atoms with Crippen molar-refractivity contribution in [3.05, 3.63) is 75.8 Å². The Morgan fingerprint density at radius 1 is 1.20 bits per heavy atom. The van der Waals surface area contributed by atoms with Gasteiger partial charge in [-0.15, -0.1) is 0 Å². The molecule has 4 rings (SSSR count). The highest BCUT2D eigenvalue weighted by atomic mass is 35.5. The first-order chi connectivity index (χ1) is 14.6. The number of aromatic carboxylic acids is 1. The number of fused-ring (bicyclic) bond motifs is 1. The molecule has 6 nitrogen and oxygen atoms in total. The number of imidazole rings is 1. The molecule has 154 valence electrons. The van der Waals surface area contributed by atoms with E-state index in [-0.39, 0.29) is 19.0 Å². The van der Waals surface area contributed by atoms with Gasteiger partial charge < -0.3 is 19.1 Å². The number of benzene rings is 2. The molecule has 0 saturated carbocycles. The average Bonchev–Trinajstić information content (AvgIpc) is 3.32. The van der Waals surface area contributed by atoms with E-state index in [1.807, 2.05) is 43.3 Å². The maximum atomic E-state index is 12.2. The molecule has 0 atom stereocenters. The van der Waals surface area contributed by atoms with Crippen molar-refractivity contribution in [2.24, 2.45) is 0 Å². The van der Waals surface area contributed by atoms with Gasteiger partial charge in [0, 0.05) is 17.5 Å². The van der Waals surface area contributed by atoms with Crippen molar-refractivity contribution in [2.45, 2.75) is 26.3 Å². The Labute approximate surface area is 179 Å². The number of aromatic nitrogens is 2. The number of aryl methyl sites for hydroxylation is 1. The molecule has 0 unspecified atom stereocenters. The lowest BCUT2D eigenvalue weighted by Crippen LogP contribution is -2.13. The highest BCUT2D eigenvalue weighted by Crippen LogP contribution is 2.37. The smallest absolute Gasteiger partial charge is 0.354 e. The Morgan fingerprint density at radius 2 is 1.93 bits per heavy atom. The number of carboxylic acid groups (broad SMARTS) is 1. The molecule has 7 heteroatoms. The van der Waals surface area contributed by atoms with Gasteiger partial charge in [-0.3, -0.25) is 0 Å². The van der Waals surface area contributed by atoms with Crippen LogP contribution in [-0.4, -0.2) is 27.4 Å². The number of ether oxygens (including phenoxy) is 2. The molecule has 1 aliphatic rings. The van der Waals surface area contributed by atoms with Crippen molar-refractivity contribution >= 4 is 29.7 Å². The van der Waals surface area contributed by atoms with Gasteiger partial charge in [-0.2, -0.15) is 0 Å². The number of hydrogen-bond donors (Lipinski definition) is 1. The molecule has 30 heavy (non-hydrogen) atoms. The Balaban J connectivity index is 1.75. The van der Waals surface area contributed by atoms with Gasteiger partial charge in [0.1, 0.15) is 5.82 Å². The fourth-order valence-electron chi connectivity index (χ4n) is 3.44. The Bertz CT molecular complexity index is 1110. The lowest BCUT2D eigenvalue weighted by molar-refractivity contribution is 0.0685. The van der Waals surface area contributed by atoms with Crippen LogP contribution in [0.5, 0.6) is 11.5 Å². The van der Waals surface area contributed by atoms with Crippen molar-refractivity contribution < 1.29 is 19.4 Å². The van der Waals surface area contributed by atoms with Crippen LogP contribution in [0, 0.1) is 0 Å². The molecule has 2 heterocycles. The fourth-order valence-corrected chi connectivity index (χ4v) is 3.65. The van der Waals surface area contributed by atoms with E-state index in [9.17, 15) is 9.90 Å². The van der Waals surface area contributed by atoms with Crippen LogP contribution in [0.2, 0.25) is 5.02 Å². The number of carbonyl (C=O) groups is 1. The summed E-state index contributed by atoms with van der Waals surface area (Å²) in [6.45, 7) is 2.46. The SMILES string of the molecule is CCCc1nc(/C=C/c2ccccc2)c(C(=O)O)n1Cc1cc2c(cc1Cl)OCO2. The number of rotatable bonds is 7. The summed E-state index contributed by atoms with van der Waals surface area (Å²) < 4.78 is 12.5. The summed E-state index contributed by atoms with van der Waals surface area (Å²) in [5, 5.41) is 10.4. The van der Waals surface area contributed by atoms with E-state index in [2.05, 4.69) is 4.98 Å². The van der Waals surface area contributed by atoms with Crippen LogP contribution < -0.4 is 9.47 Å². The van der Waals surface area contributed by atoms with E-state index >= 15 is 0 Å². The van der Waals surface area contributed by atoms with E-state index in [0.29, 0.717) is 34.5 Å². The zero-order valence-electron chi connectivity index (χ0n) is 16.5. The summed E-state index contributed by atoms with van der Waals surface area (Å²) in [4.78, 5) is 16.8. The third-order valence-electron chi connectivity index (χ3n) is 4.85. The number of halogens is 1. The molecule has 0 amide bonds. The molecule has 3 aromatic rings. The van der Waals surface area contributed by atoms with Gasteiger partial charge in [0.15, 0.2) is 17.2 Å². The second-order valence-electron chi connectivity index (χ2n) is 6.94. The second kappa shape index (κ2) is 8.63. The minimum Gasteiger partial charge on any atom is -0.477 e. The molecule has 0 fully saturated rings. The number of nitrogens with zero attached hydrogens (tertiary/aromatic N) is 2. The number of carboxylic acids is 1. The summed E-state index contributed by atoms with van der Waals surface area (Å²) in [5.41, 5.74) is 2.28. The summed E-state index contributed by atoms with van der Waals surface area (Å²) >= 11 is 6.44. The van der Waals surface area contributed by atoms with Crippen LogP contribution >= 0.6 is 11.6 Å². The van der Waals surface area contributed by atoms with Crippen LogP contribution in [0.25, 0.3) is 12.2 Å². The van der Waals surface area contributed by atoms with Crippen molar-refractivity contribution in [3.8, 4) is 11.5 Å². The maximum absolute atomic E-state index is 12.2. The van der Waals surface area contributed by atoms with Crippen molar-refractivity contribution in [3.63, 3.8) is 0 Å². The molecule has 1 N–H and O–H groups in total. The monoisotopic (exact) mass is 424 g/mol. The molecular weight excluding hydrogens is 404 g/mol. The van der Waals surface area contributed by atoms with E-state index in [1.54, 1.807) is 22.8 Å². The third kappa shape index (κ3) is 4.04. The largest absolute Gasteiger partial charge is 0.477 e. The maximum Gasteiger partial charge on any atom is 0.354 e. The van der Waals surface area contributed by atoms with Crippen LogP contribution in [0.3, 0.4) is 0 Å². The van der Waals surface area contributed by atoms with E-state index in [4.69, 9.17) is 21.1 Å². The Hall–Kier alpha value is -3.25. The van der Waals surface area contributed by atoms with Crippen molar-refractivity contribution in [2.75, 3.05) is 6.79 Å². The number of hydrogen-bond acceptors (Lipinski definition) is 4. The lowest BCUT2D eigenvalue weighted by atomic mass is 10.1. The molecule has 1 aliphatic heterocycles. The summed E-state index contributed by atoms with van der Waals surface area (Å²) in [6, 6.07) is 13.2. The molecule has 2 aromatic carbocycles. The van der Waals surface area contributed by atoms with Crippen molar-refractivity contribution in [1.29, 1.82) is 0 Å². The van der Waals surface area contributed by atoms with Gasteiger partial charge >= 0.3 is 5.97 Å². The average molecular weight is 425 g/mol. The molecule has 0 radical (unpaired) electrons. The molecule has 0 bridgehead atoms. The van der Waals surface area contributed by atoms with E-state index in [0.717, 1.165) is 17.5 Å². The van der Waals surface area contributed by atoms with Gasteiger partial charge in [0.25, 0.3) is 0 Å². The van der Waals surface area contributed by atoms with Crippen LogP contribution in [0.15, 0.2) is 42.5 Å². The van der Waals surface area contributed by atoms with E-state index in [1.165, 1.54) is 0 Å². The van der Waals surface area contributed by atoms with Crippen LogP contribution in [-0.2, 0) is 13.0 Å². The minimum atomic E-state index is -1.03. The van der Waals surface area contributed by atoms with Gasteiger partial charge in [0.2, 0.25) is 6.79 Å². The fraction of sp³-hybridized carbons (Fsp3) is 0.217. The van der Waals surface area contributed by atoms with Gasteiger partial charge in [0.05, 0.1) is 12.2 Å². The van der Waals surface area contributed by atoms with Gasteiger partial charge in [-0.25, -0.2) is 9.78 Å². The molecule has 0 spiro atoms. The first-order valence-corrected chi connectivity index (χ1v) is 10.1. The van der Waals surface area contributed by atoms with Crippen LogP contribution in [0.1, 0.15) is 46.5 Å². The van der Waals surface area contributed by atoms with Gasteiger partial charge in [-0.05, 0) is 29.7 Å². The molecule has 1 aromatic heterocycles. The quantitative estimate of drug-likeness (QED) is 0.568. The van der Waals surface area contributed by atoms with E-state index < -0.39 is 5.97 Å². The first-order valence-electron chi connectivity index (χ1n) is 9.70. The highest BCUT2D eigenvalue weighted by Gasteiger charge is 2.23. The summed E-state index contributed by atoms with van der Waals surface area (Å²) in [7, 11) is 0. The predicted molar refractivity (Wildman–Crippen MR) is 115 cm³/mol. The molecule has 0 aliphatic carbocycles.